The highest BCUT2D eigenvalue weighted by molar-refractivity contribution is 8.23. The van der Waals surface area contributed by atoms with Gasteiger partial charge in [-0.2, -0.15) is 0 Å². The van der Waals surface area contributed by atoms with Gasteiger partial charge >= 0.3 is 6.16 Å². The molecule has 2 aromatic rings. The number of rotatable bonds is 7. The Morgan fingerprint density at radius 3 is 2.21 bits per heavy atom. The topological polar surface area (TPSA) is 32.8 Å². The third kappa shape index (κ3) is 4.36. The smallest absolute Gasteiger partial charge is 0.330 e. The van der Waals surface area contributed by atoms with E-state index in [-0.39, 0.29) is 0 Å². The lowest BCUT2D eigenvalue weighted by atomic mass is 10.3. The van der Waals surface area contributed by atoms with Gasteiger partial charge < -0.3 is 4.52 Å². The first kappa shape index (κ1) is 18.9. The van der Waals surface area contributed by atoms with Crippen LogP contribution >= 0.6 is 18.5 Å². The number of benzene rings is 2. The fraction of sp³-hybridized carbons (Fsp3) is 0.188. The third-order valence-corrected chi connectivity index (χ3v) is 8.73. The van der Waals surface area contributed by atoms with Crippen LogP contribution in [0.3, 0.4) is 0 Å². The summed E-state index contributed by atoms with van der Waals surface area (Å²) in [6.45, 7) is 2.27. The molecule has 1 atom stereocenters. The molecule has 4 nitrogen and oxygen atoms in total. The summed E-state index contributed by atoms with van der Waals surface area (Å²) in [5.41, 5.74) is 0.747. The fourth-order valence-electron chi connectivity index (χ4n) is 1.97. The van der Waals surface area contributed by atoms with Crippen LogP contribution in [0.15, 0.2) is 60.7 Å². The normalized spacial score (nSPS) is 13.1. The van der Waals surface area contributed by atoms with Crippen LogP contribution < -0.4 is 9.38 Å². The molecule has 8 heteroatoms. The Balaban J connectivity index is 2.53. The molecule has 2 aromatic carbocycles. The van der Waals surface area contributed by atoms with Gasteiger partial charge in [-0.15, -0.1) is 4.39 Å². The lowest BCUT2D eigenvalue weighted by Gasteiger charge is -2.36. The number of hydrogen-bond acceptors (Lipinski definition) is 4. The van der Waals surface area contributed by atoms with Gasteiger partial charge in [0.25, 0.3) is 0 Å². The Morgan fingerprint density at radius 2 is 1.71 bits per heavy atom. The van der Waals surface area contributed by atoms with Gasteiger partial charge in [-0.1, -0.05) is 36.4 Å². The molecule has 1 unspecified atom stereocenters. The molecule has 0 aliphatic heterocycles. The Hall–Kier alpha value is -1.40. The van der Waals surface area contributed by atoms with E-state index in [0.717, 1.165) is 27.4 Å². The quantitative estimate of drug-likeness (QED) is 0.298. The van der Waals surface area contributed by atoms with Crippen LogP contribution in [0.1, 0.15) is 6.92 Å². The molecule has 0 spiro atoms. The highest BCUT2D eigenvalue weighted by atomic mass is 32.5. The summed E-state index contributed by atoms with van der Waals surface area (Å²) < 4.78 is 21.7. The van der Waals surface area contributed by atoms with Gasteiger partial charge in [-0.3, -0.25) is 0 Å². The van der Waals surface area contributed by atoms with Crippen LogP contribution in [0, 0.1) is 0 Å². The highest BCUT2D eigenvalue weighted by Gasteiger charge is 2.32. The summed E-state index contributed by atoms with van der Waals surface area (Å²) >= 11 is 6.82. The molecule has 2 rings (SSSR count). The van der Waals surface area contributed by atoms with Crippen molar-refractivity contribution < 1.29 is 13.7 Å². The Morgan fingerprint density at radius 1 is 1.17 bits per heavy atom. The highest BCUT2D eigenvalue weighted by Crippen LogP contribution is 2.56. The second kappa shape index (κ2) is 8.62. The van der Waals surface area contributed by atoms with E-state index in [1.807, 2.05) is 67.6 Å². The maximum Gasteiger partial charge on any atom is 0.411 e. The predicted molar refractivity (Wildman–Crippen MR) is 103 cm³/mol. The monoisotopic (exact) mass is 384 g/mol. The van der Waals surface area contributed by atoms with Gasteiger partial charge in [0.15, 0.2) is 6.42 Å². The van der Waals surface area contributed by atoms with Crippen LogP contribution in [0.25, 0.3) is 0 Å². The molecule has 128 valence electrons. The zero-order chi connectivity index (χ0) is 17.6. The van der Waals surface area contributed by atoms with Crippen molar-refractivity contribution in [3.63, 3.8) is 0 Å². The Labute approximate surface area is 151 Å². The van der Waals surface area contributed by atoms with Crippen molar-refractivity contribution in [1.29, 1.82) is 0 Å². The molecule has 0 aliphatic carbocycles. The molecule has 24 heavy (non-hydrogen) atoms. The Bertz CT molecular complexity index is 719. The second-order valence-electron chi connectivity index (χ2n) is 4.71. The number of carbonyl (C=O) groups excluding carboxylic acids is 1. The van der Waals surface area contributed by atoms with E-state index in [1.54, 1.807) is 4.08 Å². The standard InChI is InChI=1S/C16H18FN2O2PS2/c1-3-21-22(23,15-12-8-5-9-13-15)19(24-18(2)16(17)20)14-10-6-4-7-11-14/h4-13H,3H2,1-2H3. The van der Waals surface area contributed by atoms with E-state index in [0.29, 0.717) is 6.61 Å². The number of para-hydroxylation sites is 1. The van der Waals surface area contributed by atoms with Crippen LogP contribution in [0.2, 0.25) is 0 Å². The van der Waals surface area contributed by atoms with Gasteiger partial charge in [0.1, 0.15) is 0 Å². The molecule has 0 N–H and O–H groups in total. The van der Waals surface area contributed by atoms with Gasteiger partial charge in [0.05, 0.1) is 24.4 Å². The second-order valence-corrected chi connectivity index (χ2v) is 9.76. The molecule has 0 aliphatic rings. The van der Waals surface area contributed by atoms with Gasteiger partial charge in [0.2, 0.25) is 0 Å². The lowest BCUT2D eigenvalue weighted by Crippen LogP contribution is -2.27. The minimum atomic E-state index is -2.73. The van der Waals surface area contributed by atoms with Crippen LogP contribution in [0.5, 0.6) is 0 Å². The SMILES string of the molecule is CCOP(=S)(c1ccccc1)N(SN(C)C(=O)F)c1ccccc1. The first-order valence-electron chi connectivity index (χ1n) is 7.26. The molecular formula is C16H18FN2O2PS2. The maximum absolute atomic E-state index is 13.1. The van der Waals surface area contributed by atoms with Crippen molar-refractivity contribution in [2.75, 3.05) is 17.7 Å². The number of carbonyl (C=O) groups is 1. The number of anilines is 1. The lowest BCUT2D eigenvalue weighted by molar-refractivity contribution is 0.209. The average molecular weight is 384 g/mol. The molecule has 0 bridgehead atoms. The summed E-state index contributed by atoms with van der Waals surface area (Å²) in [5.74, 6) is 0. The van der Waals surface area contributed by atoms with Crippen molar-refractivity contribution in [2.45, 2.75) is 6.92 Å². The fourth-order valence-corrected chi connectivity index (χ4v) is 6.66. The molecule has 1 amide bonds. The van der Waals surface area contributed by atoms with Crippen molar-refractivity contribution in [2.24, 2.45) is 0 Å². The van der Waals surface area contributed by atoms with Crippen molar-refractivity contribution in [3.05, 3.63) is 60.7 Å². The van der Waals surface area contributed by atoms with Gasteiger partial charge in [-0.05, 0) is 43.0 Å². The average Bonchev–Trinajstić information content (AvgIpc) is 2.61. The molecular weight excluding hydrogens is 366 g/mol. The molecule has 0 fully saturated rings. The van der Waals surface area contributed by atoms with Crippen LogP contribution in [-0.4, -0.2) is 24.1 Å². The van der Waals surface area contributed by atoms with E-state index in [9.17, 15) is 9.18 Å². The summed E-state index contributed by atoms with van der Waals surface area (Å²) in [6, 6.07) is 18.7. The first-order valence-corrected chi connectivity index (χ1v) is 10.7. The number of hydrogen-bond donors (Lipinski definition) is 0. The molecule has 0 radical (unpaired) electrons. The number of amides is 1. The van der Waals surface area contributed by atoms with E-state index >= 15 is 0 Å². The van der Waals surface area contributed by atoms with E-state index in [4.69, 9.17) is 16.3 Å². The van der Waals surface area contributed by atoms with E-state index in [2.05, 4.69) is 0 Å². The van der Waals surface area contributed by atoms with Crippen molar-refractivity contribution >= 4 is 47.5 Å². The summed E-state index contributed by atoms with van der Waals surface area (Å²) in [6.07, 6.45) is -4.28. The van der Waals surface area contributed by atoms with Gasteiger partial charge in [0, 0.05) is 12.4 Å². The minimum absolute atomic E-state index is 0.406. The zero-order valence-corrected chi connectivity index (χ0v) is 15.9. The number of halogens is 1. The molecule has 0 aromatic heterocycles. The third-order valence-electron chi connectivity index (χ3n) is 3.05. The zero-order valence-electron chi connectivity index (χ0n) is 13.3. The van der Waals surface area contributed by atoms with Crippen LogP contribution in [0.4, 0.5) is 14.9 Å². The Kier molecular flexibility index (Phi) is 6.80. The number of nitrogens with zero attached hydrogens (tertiary/aromatic N) is 2. The van der Waals surface area contributed by atoms with E-state index < -0.39 is 12.6 Å². The molecule has 0 heterocycles. The minimum Gasteiger partial charge on any atom is -0.330 e. The van der Waals surface area contributed by atoms with Crippen molar-refractivity contribution in [1.82, 2.24) is 4.31 Å². The molecule has 0 saturated heterocycles. The first-order chi connectivity index (χ1) is 11.5. The van der Waals surface area contributed by atoms with Gasteiger partial charge in [-0.25, -0.2) is 13.2 Å². The maximum atomic E-state index is 13.1. The largest absolute Gasteiger partial charge is 0.411 e. The summed E-state index contributed by atoms with van der Waals surface area (Å²) in [5, 5.41) is 0.831. The van der Waals surface area contributed by atoms with Crippen molar-refractivity contribution in [3.8, 4) is 0 Å². The summed E-state index contributed by atoms with van der Waals surface area (Å²) in [4.78, 5) is 11.1. The predicted octanol–water partition coefficient (Wildman–Crippen LogP) is 4.75. The van der Waals surface area contributed by atoms with E-state index in [1.165, 1.54) is 7.05 Å². The van der Waals surface area contributed by atoms with Crippen LogP contribution in [-0.2, 0) is 16.3 Å². The molecule has 0 saturated carbocycles. The summed E-state index contributed by atoms with van der Waals surface area (Å²) in [7, 11) is 1.36.